The summed E-state index contributed by atoms with van der Waals surface area (Å²) in [5.41, 5.74) is 5.48. The average molecular weight is 179 g/mol. The van der Waals surface area contributed by atoms with Crippen molar-refractivity contribution in [3.05, 3.63) is 35.2 Å². The fraction of sp³-hybridized carbons (Fsp3) is 0.125. The Morgan fingerprint density at radius 1 is 1.38 bits per heavy atom. The van der Waals surface area contributed by atoms with Gasteiger partial charge in [-0.25, -0.2) is 5.01 Å². The van der Waals surface area contributed by atoms with Gasteiger partial charge in [0.2, 0.25) is 5.91 Å². The minimum Gasteiger partial charge on any atom is -0.368 e. The van der Waals surface area contributed by atoms with Crippen molar-refractivity contribution in [1.82, 2.24) is 0 Å². The van der Waals surface area contributed by atoms with Crippen LogP contribution >= 0.6 is 0 Å². The summed E-state index contributed by atoms with van der Waals surface area (Å²) in [7, 11) is 0. The number of rotatable bonds is 4. The molecule has 0 saturated heterocycles. The molecule has 0 spiro atoms. The predicted octanol–water partition coefficient (Wildman–Crippen LogP) is 0.660. The summed E-state index contributed by atoms with van der Waals surface area (Å²) in [5.74, 6) is -0.594. The molecule has 5 heteroatoms. The SMILES string of the molecule is NC(=O)CN(N=O)c1ccccc1. The molecule has 0 aliphatic carbocycles. The van der Waals surface area contributed by atoms with E-state index in [2.05, 4.69) is 5.29 Å². The van der Waals surface area contributed by atoms with Gasteiger partial charge in [0.25, 0.3) is 0 Å². The Hall–Kier alpha value is -1.91. The number of nitroso groups, excluding NO2 is 1. The smallest absolute Gasteiger partial charge is 0.239 e. The molecular weight excluding hydrogens is 170 g/mol. The molecule has 13 heavy (non-hydrogen) atoms. The molecule has 0 atom stereocenters. The van der Waals surface area contributed by atoms with Gasteiger partial charge in [-0.3, -0.25) is 4.79 Å². The Labute approximate surface area is 75.1 Å². The molecule has 0 heterocycles. The highest BCUT2D eigenvalue weighted by Gasteiger charge is 2.07. The summed E-state index contributed by atoms with van der Waals surface area (Å²) >= 11 is 0. The van der Waals surface area contributed by atoms with Crippen molar-refractivity contribution in [1.29, 1.82) is 0 Å². The number of amides is 1. The summed E-state index contributed by atoms with van der Waals surface area (Å²) in [6.07, 6.45) is 0. The number of anilines is 1. The third-order valence-electron chi connectivity index (χ3n) is 1.46. The molecule has 2 N–H and O–H groups in total. The van der Waals surface area contributed by atoms with Crippen LogP contribution in [0.4, 0.5) is 5.69 Å². The van der Waals surface area contributed by atoms with E-state index in [1.807, 2.05) is 0 Å². The van der Waals surface area contributed by atoms with E-state index >= 15 is 0 Å². The zero-order valence-electron chi connectivity index (χ0n) is 6.88. The Morgan fingerprint density at radius 3 is 2.46 bits per heavy atom. The van der Waals surface area contributed by atoms with Crippen LogP contribution in [0.25, 0.3) is 0 Å². The van der Waals surface area contributed by atoms with Crippen LogP contribution in [0.15, 0.2) is 35.6 Å². The fourth-order valence-corrected chi connectivity index (χ4v) is 0.915. The van der Waals surface area contributed by atoms with Gasteiger partial charge in [0.15, 0.2) is 0 Å². The van der Waals surface area contributed by atoms with Gasteiger partial charge in [0, 0.05) is 0 Å². The van der Waals surface area contributed by atoms with Crippen molar-refractivity contribution < 1.29 is 4.79 Å². The lowest BCUT2D eigenvalue weighted by Gasteiger charge is -2.11. The van der Waals surface area contributed by atoms with E-state index in [4.69, 9.17) is 5.73 Å². The van der Waals surface area contributed by atoms with Gasteiger partial charge in [0.05, 0.1) is 11.0 Å². The van der Waals surface area contributed by atoms with E-state index in [-0.39, 0.29) is 6.54 Å². The number of carbonyl (C=O) groups is 1. The molecule has 0 bridgehead atoms. The first-order valence-corrected chi connectivity index (χ1v) is 3.68. The van der Waals surface area contributed by atoms with Gasteiger partial charge in [-0.2, -0.15) is 0 Å². The van der Waals surface area contributed by atoms with Crippen molar-refractivity contribution in [3.63, 3.8) is 0 Å². The number of carbonyl (C=O) groups excluding carboxylic acids is 1. The van der Waals surface area contributed by atoms with E-state index in [0.717, 1.165) is 5.01 Å². The molecule has 68 valence electrons. The van der Waals surface area contributed by atoms with Gasteiger partial charge in [-0.05, 0) is 12.1 Å². The second-order valence-corrected chi connectivity index (χ2v) is 2.44. The molecular formula is C8H9N3O2. The molecule has 1 rings (SSSR count). The van der Waals surface area contributed by atoms with Gasteiger partial charge >= 0.3 is 0 Å². The summed E-state index contributed by atoms with van der Waals surface area (Å²) < 4.78 is 0. The number of hydrogen-bond donors (Lipinski definition) is 1. The van der Waals surface area contributed by atoms with Gasteiger partial charge in [0.1, 0.15) is 6.54 Å². The van der Waals surface area contributed by atoms with E-state index in [1.54, 1.807) is 30.3 Å². The molecule has 5 nitrogen and oxygen atoms in total. The number of benzene rings is 1. The minimum absolute atomic E-state index is 0.201. The molecule has 1 amide bonds. The second kappa shape index (κ2) is 4.20. The first-order chi connectivity index (χ1) is 6.24. The Balaban J connectivity index is 2.78. The molecule has 0 radical (unpaired) electrons. The summed E-state index contributed by atoms with van der Waals surface area (Å²) in [4.78, 5) is 20.8. The van der Waals surface area contributed by atoms with Gasteiger partial charge < -0.3 is 5.73 Å². The van der Waals surface area contributed by atoms with Crippen LogP contribution in [0.1, 0.15) is 0 Å². The number of hydrogen-bond acceptors (Lipinski definition) is 3. The normalized spacial score (nSPS) is 9.23. The molecule has 1 aromatic carbocycles. The van der Waals surface area contributed by atoms with Crippen molar-refractivity contribution in [2.75, 3.05) is 11.6 Å². The highest BCUT2D eigenvalue weighted by atomic mass is 16.3. The molecule has 0 fully saturated rings. The summed E-state index contributed by atoms with van der Waals surface area (Å²) in [6.45, 7) is -0.201. The first kappa shape index (κ1) is 9.18. The van der Waals surface area contributed by atoms with Gasteiger partial charge in [-0.15, -0.1) is 4.91 Å². The number of nitrogens with two attached hydrogens (primary N) is 1. The lowest BCUT2D eigenvalue weighted by molar-refractivity contribution is -0.116. The average Bonchev–Trinajstić information content (AvgIpc) is 2.15. The second-order valence-electron chi connectivity index (χ2n) is 2.44. The molecule has 1 aromatic rings. The summed E-state index contributed by atoms with van der Waals surface area (Å²) in [6, 6.07) is 8.63. The molecule has 0 aliphatic rings. The first-order valence-electron chi connectivity index (χ1n) is 3.68. The van der Waals surface area contributed by atoms with Crippen LogP contribution in [-0.2, 0) is 4.79 Å². The topological polar surface area (TPSA) is 75.8 Å². The minimum atomic E-state index is -0.594. The van der Waals surface area contributed by atoms with Crippen LogP contribution in [0, 0.1) is 4.91 Å². The number of para-hydroxylation sites is 1. The quantitative estimate of drug-likeness (QED) is 0.544. The molecule has 0 unspecified atom stereocenters. The molecule has 0 aliphatic heterocycles. The van der Waals surface area contributed by atoms with E-state index in [1.165, 1.54) is 0 Å². The van der Waals surface area contributed by atoms with Gasteiger partial charge in [-0.1, -0.05) is 18.2 Å². The maximum Gasteiger partial charge on any atom is 0.239 e. The zero-order chi connectivity index (χ0) is 9.68. The maximum atomic E-state index is 10.5. The number of nitrogens with zero attached hydrogens (tertiary/aromatic N) is 2. The van der Waals surface area contributed by atoms with Crippen molar-refractivity contribution >= 4 is 11.6 Å². The largest absolute Gasteiger partial charge is 0.368 e. The van der Waals surface area contributed by atoms with Crippen molar-refractivity contribution in [3.8, 4) is 0 Å². The summed E-state index contributed by atoms with van der Waals surface area (Å²) in [5, 5.41) is 3.68. The van der Waals surface area contributed by atoms with Crippen LogP contribution in [0.2, 0.25) is 0 Å². The van der Waals surface area contributed by atoms with Crippen molar-refractivity contribution in [2.45, 2.75) is 0 Å². The molecule has 0 aromatic heterocycles. The Morgan fingerprint density at radius 2 is 2.00 bits per heavy atom. The Bertz CT molecular complexity index is 300. The monoisotopic (exact) mass is 179 g/mol. The van der Waals surface area contributed by atoms with Crippen LogP contribution in [0.5, 0.6) is 0 Å². The fourth-order valence-electron chi connectivity index (χ4n) is 0.915. The van der Waals surface area contributed by atoms with Crippen LogP contribution in [-0.4, -0.2) is 12.5 Å². The van der Waals surface area contributed by atoms with E-state index in [0.29, 0.717) is 5.69 Å². The van der Waals surface area contributed by atoms with Crippen molar-refractivity contribution in [2.24, 2.45) is 11.0 Å². The third-order valence-corrected chi connectivity index (χ3v) is 1.46. The zero-order valence-corrected chi connectivity index (χ0v) is 6.88. The third kappa shape index (κ3) is 2.55. The number of primary amides is 1. The lowest BCUT2D eigenvalue weighted by atomic mass is 10.3. The van der Waals surface area contributed by atoms with Crippen LogP contribution in [0.3, 0.4) is 0 Å². The lowest BCUT2D eigenvalue weighted by Crippen LogP contribution is -2.29. The predicted molar refractivity (Wildman–Crippen MR) is 48.8 cm³/mol. The van der Waals surface area contributed by atoms with E-state index < -0.39 is 5.91 Å². The Kier molecular flexibility index (Phi) is 2.97. The maximum absolute atomic E-state index is 10.5. The highest BCUT2D eigenvalue weighted by molar-refractivity contribution is 5.79. The highest BCUT2D eigenvalue weighted by Crippen LogP contribution is 2.12. The molecule has 0 saturated carbocycles. The van der Waals surface area contributed by atoms with E-state index in [9.17, 15) is 9.70 Å². The standard InChI is InChI=1S/C8H9N3O2/c9-8(12)6-11(10-13)7-4-2-1-3-5-7/h1-5H,6H2,(H2,9,12). The van der Waals surface area contributed by atoms with Crippen LogP contribution < -0.4 is 10.7 Å².